The summed E-state index contributed by atoms with van der Waals surface area (Å²) < 4.78 is 29.0. The number of para-hydroxylation sites is 1. The summed E-state index contributed by atoms with van der Waals surface area (Å²) in [6.07, 6.45) is 2.31. The van der Waals surface area contributed by atoms with Gasteiger partial charge in [-0.3, -0.25) is 4.18 Å². The first-order valence-electron chi connectivity index (χ1n) is 10.1. The molecular weight excluding hydrogens is 418 g/mol. The SMILES string of the molecule is Cc1nc(-c2cc3ccccc3[nH]2)c2ccn(C3CC(O)C(COS(N)(=O)=O)C3)c2n1. The fraction of sp³-hybridized carbons (Fsp3) is 0.333. The summed E-state index contributed by atoms with van der Waals surface area (Å²) in [6.45, 7) is 1.72. The van der Waals surface area contributed by atoms with E-state index in [-0.39, 0.29) is 18.6 Å². The predicted octanol–water partition coefficient (Wildman–Crippen LogP) is 2.42. The Morgan fingerprint density at radius 3 is 2.84 bits per heavy atom. The van der Waals surface area contributed by atoms with Gasteiger partial charge in [-0.05, 0) is 38.0 Å². The Morgan fingerprint density at radius 2 is 2.06 bits per heavy atom. The van der Waals surface area contributed by atoms with Crippen molar-refractivity contribution < 1.29 is 17.7 Å². The number of aromatic nitrogens is 4. The normalized spacial score (nSPS) is 22.0. The molecule has 1 saturated carbocycles. The summed E-state index contributed by atoms with van der Waals surface area (Å²) in [4.78, 5) is 12.8. The van der Waals surface area contributed by atoms with Crippen LogP contribution >= 0.6 is 0 Å². The highest BCUT2D eigenvalue weighted by Crippen LogP contribution is 2.38. The number of aliphatic hydroxyl groups is 1. The van der Waals surface area contributed by atoms with Crippen LogP contribution < -0.4 is 5.14 Å². The van der Waals surface area contributed by atoms with E-state index in [1.807, 2.05) is 42.0 Å². The third-order valence-corrected chi connectivity index (χ3v) is 6.41. The summed E-state index contributed by atoms with van der Waals surface area (Å²) in [6, 6.07) is 12.1. The molecule has 9 nitrogen and oxygen atoms in total. The first-order chi connectivity index (χ1) is 14.8. The van der Waals surface area contributed by atoms with Crippen LogP contribution in [-0.4, -0.2) is 45.8 Å². The van der Waals surface area contributed by atoms with E-state index in [1.165, 1.54) is 0 Å². The molecule has 162 valence electrons. The molecule has 31 heavy (non-hydrogen) atoms. The molecule has 3 heterocycles. The summed E-state index contributed by atoms with van der Waals surface area (Å²) in [5.41, 5.74) is 3.56. The molecule has 10 heteroatoms. The Labute approximate surface area is 179 Å². The van der Waals surface area contributed by atoms with Gasteiger partial charge >= 0.3 is 10.3 Å². The lowest BCUT2D eigenvalue weighted by Gasteiger charge is -2.14. The van der Waals surface area contributed by atoms with E-state index in [0.717, 1.165) is 33.3 Å². The minimum Gasteiger partial charge on any atom is -0.393 e. The molecule has 1 fully saturated rings. The van der Waals surface area contributed by atoms with Gasteiger partial charge in [-0.2, -0.15) is 8.42 Å². The van der Waals surface area contributed by atoms with Gasteiger partial charge in [0.2, 0.25) is 0 Å². The van der Waals surface area contributed by atoms with Crippen LogP contribution in [-0.2, 0) is 14.5 Å². The van der Waals surface area contributed by atoms with Gasteiger partial charge in [0.1, 0.15) is 11.5 Å². The van der Waals surface area contributed by atoms with Crippen LogP contribution in [0.2, 0.25) is 0 Å². The highest BCUT2D eigenvalue weighted by Gasteiger charge is 2.35. The van der Waals surface area contributed by atoms with Crippen molar-refractivity contribution >= 4 is 32.2 Å². The molecule has 3 unspecified atom stereocenters. The molecule has 5 rings (SSSR count). The molecule has 1 aliphatic rings. The molecule has 1 aliphatic carbocycles. The first-order valence-corrected chi connectivity index (χ1v) is 11.5. The van der Waals surface area contributed by atoms with E-state index >= 15 is 0 Å². The number of aliphatic hydroxyl groups excluding tert-OH is 1. The molecule has 3 aromatic heterocycles. The van der Waals surface area contributed by atoms with Crippen LogP contribution in [0.3, 0.4) is 0 Å². The Bertz CT molecular complexity index is 1340. The fourth-order valence-electron chi connectivity index (χ4n) is 4.51. The quantitative estimate of drug-likeness (QED) is 0.435. The van der Waals surface area contributed by atoms with Gasteiger partial charge < -0.3 is 14.7 Å². The van der Waals surface area contributed by atoms with Gasteiger partial charge in [-0.15, -0.1) is 0 Å². The number of aromatic amines is 1. The van der Waals surface area contributed by atoms with Gasteiger partial charge in [-0.1, -0.05) is 18.2 Å². The Morgan fingerprint density at radius 1 is 1.26 bits per heavy atom. The van der Waals surface area contributed by atoms with Crippen molar-refractivity contribution in [2.45, 2.75) is 31.9 Å². The smallest absolute Gasteiger partial charge is 0.333 e. The number of hydrogen-bond donors (Lipinski definition) is 3. The van der Waals surface area contributed by atoms with Crippen LogP contribution in [0.5, 0.6) is 0 Å². The fourth-order valence-corrected chi connectivity index (χ4v) is 4.87. The van der Waals surface area contributed by atoms with E-state index in [2.05, 4.69) is 27.1 Å². The number of nitrogens with two attached hydrogens (primary N) is 1. The number of benzene rings is 1. The van der Waals surface area contributed by atoms with E-state index < -0.39 is 16.4 Å². The maximum Gasteiger partial charge on any atom is 0.333 e. The van der Waals surface area contributed by atoms with E-state index in [1.54, 1.807) is 0 Å². The van der Waals surface area contributed by atoms with Crippen LogP contribution in [0.15, 0.2) is 42.6 Å². The first kappa shape index (κ1) is 20.1. The van der Waals surface area contributed by atoms with E-state index in [9.17, 15) is 13.5 Å². The standard InChI is InChI=1S/C21H23N5O4S/c1-12-23-20(18-9-13-4-2-3-5-17(13)25-18)16-6-7-26(21(16)24-12)15-8-14(19(27)10-15)11-30-31(22,28)29/h2-7,9,14-15,19,25,27H,8,10-11H2,1H3,(H2,22,28,29). The van der Waals surface area contributed by atoms with E-state index in [0.29, 0.717) is 18.7 Å². The topological polar surface area (TPSA) is 136 Å². The lowest BCUT2D eigenvalue weighted by molar-refractivity contribution is 0.100. The van der Waals surface area contributed by atoms with Crippen molar-refractivity contribution in [2.24, 2.45) is 11.1 Å². The van der Waals surface area contributed by atoms with Crippen molar-refractivity contribution in [3.05, 3.63) is 48.4 Å². The molecule has 0 spiro atoms. The summed E-state index contributed by atoms with van der Waals surface area (Å²) in [7, 11) is -4.04. The Hall–Kier alpha value is -2.79. The number of fused-ring (bicyclic) bond motifs is 2. The zero-order valence-corrected chi connectivity index (χ0v) is 17.7. The highest BCUT2D eigenvalue weighted by atomic mass is 32.2. The monoisotopic (exact) mass is 441 g/mol. The number of nitrogens with one attached hydrogen (secondary N) is 1. The highest BCUT2D eigenvalue weighted by molar-refractivity contribution is 7.84. The average Bonchev–Trinajstić information content (AvgIpc) is 3.41. The van der Waals surface area contributed by atoms with Gasteiger partial charge in [-0.25, -0.2) is 15.1 Å². The van der Waals surface area contributed by atoms with Crippen LogP contribution in [0.1, 0.15) is 24.7 Å². The van der Waals surface area contributed by atoms with Crippen molar-refractivity contribution in [1.82, 2.24) is 19.5 Å². The molecule has 0 bridgehead atoms. The number of hydrogen-bond acceptors (Lipinski definition) is 6. The lowest BCUT2D eigenvalue weighted by atomic mass is 10.1. The Balaban J connectivity index is 1.50. The lowest BCUT2D eigenvalue weighted by Crippen LogP contribution is -2.24. The maximum atomic E-state index is 11.1. The summed E-state index contributed by atoms with van der Waals surface area (Å²) in [5, 5.41) is 17.4. The largest absolute Gasteiger partial charge is 0.393 e. The second-order valence-corrected chi connectivity index (χ2v) is 9.30. The van der Waals surface area contributed by atoms with Gasteiger partial charge in [0, 0.05) is 34.4 Å². The van der Waals surface area contributed by atoms with Crippen LogP contribution in [0.4, 0.5) is 0 Å². The minimum atomic E-state index is -4.04. The molecule has 4 aromatic rings. The van der Waals surface area contributed by atoms with Gasteiger partial charge in [0.15, 0.2) is 0 Å². The number of nitrogens with zero attached hydrogens (tertiary/aromatic N) is 3. The van der Waals surface area contributed by atoms with Crippen molar-refractivity contribution in [2.75, 3.05) is 6.61 Å². The molecule has 0 amide bonds. The number of aryl methyl sites for hydroxylation is 1. The Kier molecular flexibility index (Phi) is 4.82. The molecule has 0 radical (unpaired) electrons. The molecule has 0 saturated heterocycles. The van der Waals surface area contributed by atoms with Crippen molar-refractivity contribution in [1.29, 1.82) is 0 Å². The number of H-pyrrole nitrogens is 1. The summed E-state index contributed by atoms with van der Waals surface area (Å²) >= 11 is 0. The molecule has 3 atom stereocenters. The second-order valence-electron chi connectivity index (χ2n) is 8.08. The van der Waals surface area contributed by atoms with Crippen molar-refractivity contribution in [3.8, 4) is 11.4 Å². The van der Waals surface area contributed by atoms with Crippen LogP contribution in [0.25, 0.3) is 33.3 Å². The zero-order chi connectivity index (χ0) is 21.8. The minimum absolute atomic E-state index is 0.0357. The van der Waals surface area contributed by atoms with Gasteiger partial charge in [0.05, 0.1) is 24.1 Å². The summed E-state index contributed by atoms with van der Waals surface area (Å²) in [5.74, 6) is 0.325. The third-order valence-electron chi connectivity index (χ3n) is 5.94. The van der Waals surface area contributed by atoms with Crippen molar-refractivity contribution in [3.63, 3.8) is 0 Å². The van der Waals surface area contributed by atoms with E-state index in [4.69, 9.17) is 9.32 Å². The predicted molar refractivity (Wildman–Crippen MR) is 116 cm³/mol. The van der Waals surface area contributed by atoms with Crippen LogP contribution in [0, 0.1) is 12.8 Å². The molecule has 1 aromatic carbocycles. The zero-order valence-electron chi connectivity index (χ0n) is 16.9. The number of rotatable bonds is 5. The molecular formula is C21H23N5O4S. The molecule has 0 aliphatic heterocycles. The second kappa shape index (κ2) is 7.41. The molecule has 4 N–H and O–H groups in total. The van der Waals surface area contributed by atoms with Gasteiger partial charge in [0.25, 0.3) is 0 Å². The maximum absolute atomic E-state index is 11.1. The third kappa shape index (κ3) is 3.83. The average molecular weight is 442 g/mol.